The van der Waals surface area contributed by atoms with E-state index in [4.69, 9.17) is 4.74 Å². The molecule has 0 atom stereocenters. The van der Waals surface area contributed by atoms with Gasteiger partial charge in [-0.1, -0.05) is 26.0 Å². The van der Waals surface area contributed by atoms with Gasteiger partial charge in [0.15, 0.2) is 12.4 Å². The molecular formula is C20H23N3O5. The van der Waals surface area contributed by atoms with Crippen molar-refractivity contribution in [1.82, 2.24) is 10.3 Å². The summed E-state index contributed by atoms with van der Waals surface area (Å²) in [7, 11) is 0. The highest BCUT2D eigenvalue weighted by Gasteiger charge is 2.16. The molecule has 1 aromatic carbocycles. The number of rotatable bonds is 8. The summed E-state index contributed by atoms with van der Waals surface area (Å²) in [4.78, 5) is 50.2. The minimum atomic E-state index is -0.759. The van der Waals surface area contributed by atoms with Gasteiger partial charge in [-0.25, -0.2) is 4.79 Å². The van der Waals surface area contributed by atoms with Gasteiger partial charge in [0.1, 0.15) is 5.69 Å². The lowest BCUT2D eigenvalue weighted by molar-refractivity contribution is -0.119. The summed E-state index contributed by atoms with van der Waals surface area (Å²) in [5, 5.41) is 5.36. The van der Waals surface area contributed by atoms with Crippen LogP contribution in [0.5, 0.6) is 0 Å². The number of aromatic amines is 1. The lowest BCUT2D eigenvalue weighted by Crippen LogP contribution is -2.29. The Morgan fingerprint density at radius 3 is 2.50 bits per heavy atom. The Morgan fingerprint density at radius 1 is 1.14 bits per heavy atom. The van der Waals surface area contributed by atoms with Gasteiger partial charge in [0, 0.05) is 18.3 Å². The number of Topliss-reactive ketones (excluding diaryl/α,β-unsaturated/α-hetero) is 1. The number of para-hydroxylation sites is 1. The predicted octanol–water partition coefficient (Wildman–Crippen LogP) is 2.40. The number of hydrogen-bond donors (Lipinski definition) is 3. The molecule has 0 saturated carbocycles. The normalized spacial score (nSPS) is 10.4. The first-order valence-electron chi connectivity index (χ1n) is 8.81. The van der Waals surface area contributed by atoms with Gasteiger partial charge >= 0.3 is 5.97 Å². The summed E-state index contributed by atoms with van der Waals surface area (Å²) in [5.41, 5.74) is 1.06. The molecule has 0 unspecified atom stereocenters. The van der Waals surface area contributed by atoms with Crippen molar-refractivity contribution in [2.45, 2.75) is 20.8 Å². The van der Waals surface area contributed by atoms with Crippen molar-refractivity contribution in [2.24, 2.45) is 5.92 Å². The highest BCUT2D eigenvalue weighted by Crippen LogP contribution is 2.15. The number of nitrogens with one attached hydrogen (secondary N) is 3. The van der Waals surface area contributed by atoms with Crippen molar-refractivity contribution in [3.05, 3.63) is 53.3 Å². The van der Waals surface area contributed by atoms with Crippen LogP contribution in [0, 0.1) is 5.92 Å². The SMILES string of the molecule is CC(=O)c1c[nH]c(C(=O)OCC(=O)Nc2ccccc2C(=O)NCC(C)C)c1. The van der Waals surface area contributed by atoms with Gasteiger partial charge in [0.05, 0.1) is 11.3 Å². The lowest BCUT2D eigenvalue weighted by atomic mass is 10.1. The molecule has 1 heterocycles. The van der Waals surface area contributed by atoms with Crippen molar-refractivity contribution in [3.8, 4) is 0 Å². The van der Waals surface area contributed by atoms with Crippen LogP contribution < -0.4 is 10.6 Å². The first kappa shape index (κ1) is 20.9. The number of ketones is 1. The maximum atomic E-state index is 12.3. The van der Waals surface area contributed by atoms with Gasteiger partial charge in [-0.2, -0.15) is 0 Å². The van der Waals surface area contributed by atoms with Crippen molar-refractivity contribution in [3.63, 3.8) is 0 Å². The summed E-state index contributed by atoms with van der Waals surface area (Å²) in [6.45, 7) is 5.31. The number of H-pyrrole nitrogens is 1. The first-order chi connectivity index (χ1) is 13.3. The van der Waals surface area contributed by atoms with Crippen LogP contribution in [0.1, 0.15) is 52.0 Å². The van der Waals surface area contributed by atoms with E-state index in [1.165, 1.54) is 19.2 Å². The van der Waals surface area contributed by atoms with Gasteiger partial charge in [-0.15, -0.1) is 0 Å². The number of benzene rings is 1. The summed E-state index contributed by atoms with van der Waals surface area (Å²) < 4.78 is 4.94. The second-order valence-corrected chi connectivity index (χ2v) is 6.63. The lowest BCUT2D eigenvalue weighted by Gasteiger charge is -2.12. The van der Waals surface area contributed by atoms with Crippen LogP contribution in [0.3, 0.4) is 0 Å². The van der Waals surface area contributed by atoms with E-state index >= 15 is 0 Å². The molecule has 0 fully saturated rings. The zero-order valence-electron chi connectivity index (χ0n) is 16.0. The Bertz CT molecular complexity index is 885. The molecule has 0 radical (unpaired) electrons. The number of aromatic nitrogens is 1. The number of amides is 2. The minimum Gasteiger partial charge on any atom is -0.451 e. The van der Waals surface area contributed by atoms with Crippen molar-refractivity contribution < 1.29 is 23.9 Å². The smallest absolute Gasteiger partial charge is 0.355 e. The topological polar surface area (TPSA) is 117 Å². The monoisotopic (exact) mass is 385 g/mol. The van der Waals surface area contributed by atoms with Crippen molar-refractivity contribution >= 4 is 29.3 Å². The van der Waals surface area contributed by atoms with Gasteiger partial charge in [-0.3, -0.25) is 14.4 Å². The third kappa shape index (κ3) is 5.80. The maximum Gasteiger partial charge on any atom is 0.355 e. The molecule has 148 valence electrons. The number of carbonyl (C=O) groups is 4. The van der Waals surface area contributed by atoms with Crippen molar-refractivity contribution in [1.29, 1.82) is 0 Å². The molecular weight excluding hydrogens is 362 g/mol. The van der Waals surface area contributed by atoms with E-state index in [0.717, 1.165) is 0 Å². The predicted molar refractivity (Wildman–Crippen MR) is 103 cm³/mol. The van der Waals surface area contributed by atoms with E-state index in [2.05, 4.69) is 15.6 Å². The summed E-state index contributed by atoms with van der Waals surface area (Å²) >= 11 is 0. The maximum absolute atomic E-state index is 12.3. The third-order valence-electron chi connectivity index (χ3n) is 3.76. The van der Waals surface area contributed by atoms with Crippen LogP contribution >= 0.6 is 0 Å². The van der Waals surface area contributed by atoms with Crippen molar-refractivity contribution in [2.75, 3.05) is 18.5 Å². The molecule has 1 aromatic heterocycles. The van der Waals surface area contributed by atoms with Crippen LogP contribution in [0.15, 0.2) is 36.5 Å². The van der Waals surface area contributed by atoms with Crippen LogP contribution in [-0.2, 0) is 9.53 Å². The number of anilines is 1. The Labute approximate surface area is 162 Å². The summed E-state index contributed by atoms with van der Waals surface area (Å²) in [6, 6.07) is 7.92. The van der Waals surface area contributed by atoms with Gasteiger partial charge in [0.2, 0.25) is 0 Å². The fraction of sp³-hybridized carbons (Fsp3) is 0.300. The Balaban J connectivity index is 1.94. The average molecular weight is 385 g/mol. The molecule has 0 aliphatic rings. The van der Waals surface area contributed by atoms with E-state index in [-0.39, 0.29) is 17.4 Å². The molecule has 0 saturated heterocycles. The van der Waals surface area contributed by atoms with Crippen LogP contribution in [-0.4, -0.2) is 41.7 Å². The van der Waals surface area contributed by atoms with Crippen LogP contribution in [0.25, 0.3) is 0 Å². The Kier molecular flexibility index (Phi) is 7.08. The molecule has 2 rings (SSSR count). The largest absolute Gasteiger partial charge is 0.451 e. The Morgan fingerprint density at radius 2 is 1.86 bits per heavy atom. The molecule has 2 amide bonds. The molecule has 2 aromatic rings. The van der Waals surface area contributed by atoms with Gasteiger partial charge in [0.25, 0.3) is 11.8 Å². The number of carbonyl (C=O) groups excluding carboxylic acids is 4. The minimum absolute atomic E-state index is 0.0754. The van der Waals surface area contributed by atoms with Gasteiger partial charge in [-0.05, 0) is 31.0 Å². The molecule has 3 N–H and O–H groups in total. The summed E-state index contributed by atoms with van der Waals surface area (Å²) in [5.74, 6) is -1.55. The molecule has 0 bridgehead atoms. The van der Waals surface area contributed by atoms with E-state index in [9.17, 15) is 19.2 Å². The molecule has 28 heavy (non-hydrogen) atoms. The number of ether oxygens (including phenoxy) is 1. The second kappa shape index (κ2) is 9.50. The highest BCUT2D eigenvalue weighted by atomic mass is 16.5. The number of esters is 1. The van der Waals surface area contributed by atoms with E-state index in [0.29, 0.717) is 29.3 Å². The average Bonchev–Trinajstić information content (AvgIpc) is 3.15. The Hall–Kier alpha value is -3.42. The fourth-order valence-corrected chi connectivity index (χ4v) is 2.29. The standard InChI is InChI=1S/C20H23N3O5/c1-12(2)9-22-19(26)15-6-4-5-7-16(15)23-18(25)11-28-20(27)17-8-14(10-21-17)13(3)24/h4-8,10,12,21H,9,11H2,1-3H3,(H,22,26)(H,23,25). The number of hydrogen-bond acceptors (Lipinski definition) is 5. The molecule has 8 heteroatoms. The van der Waals surface area contributed by atoms with Crippen LogP contribution in [0.4, 0.5) is 5.69 Å². The molecule has 8 nitrogen and oxygen atoms in total. The molecule has 0 aliphatic carbocycles. The molecule has 0 aliphatic heterocycles. The quantitative estimate of drug-likeness (QED) is 0.476. The fourth-order valence-electron chi connectivity index (χ4n) is 2.29. The zero-order valence-corrected chi connectivity index (χ0v) is 16.0. The third-order valence-corrected chi connectivity index (χ3v) is 3.76. The second-order valence-electron chi connectivity index (χ2n) is 6.63. The molecule has 0 spiro atoms. The van der Waals surface area contributed by atoms with Crippen LogP contribution in [0.2, 0.25) is 0 Å². The summed E-state index contributed by atoms with van der Waals surface area (Å²) in [6.07, 6.45) is 1.39. The van der Waals surface area contributed by atoms with E-state index in [1.54, 1.807) is 24.3 Å². The highest BCUT2D eigenvalue weighted by molar-refractivity contribution is 6.04. The van der Waals surface area contributed by atoms with Gasteiger partial charge < -0.3 is 20.4 Å². The zero-order chi connectivity index (χ0) is 20.7. The van der Waals surface area contributed by atoms with E-state index in [1.807, 2.05) is 13.8 Å². The first-order valence-corrected chi connectivity index (χ1v) is 8.81. The van der Waals surface area contributed by atoms with E-state index < -0.39 is 18.5 Å².